The smallest absolute Gasteiger partial charge is 0.364 e. The Morgan fingerprint density at radius 2 is 0.970 bits per heavy atom. The van der Waals surface area contributed by atoms with Crippen molar-refractivity contribution in [2.24, 2.45) is 0 Å². The summed E-state index contributed by atoms with van der Waals surface area (Å²) in [6.45, 7) is 2.10. The predicted octanol–water partition coefficient (Wildman–Crippen LogP) is 9.74. The number of aliphatic hydroxyl groups is 11. The molecule has 3 heterocycles. The van der Waals surface area contributed by atoms with E-state index in [1.807, 2.05) is 6.08 Å². The van der Waals surface area contributed by atoms with E-state index in [4.69, 9.17) is 28.4 Å². The normalized spacial score (nSPS) is 27.1. The van der Waals surface area contributed by atoms with Crippen LogP contribution in [0.15, 0.2) is 36.5 Å². The van der Waals surface area contributed by atoms with Crippen molar-refractivity contribution < 1.29 is 104 Å². The van der Waals surface area contributed by atoms with Gasteiger partial charge in [-0.25, -0.2) is 4.79 Å². The number of carbonyl (C=O) groups is 3. The largest absolute Gasteiger partial charge is 0.477 e. The van der Waals surface area contributed by atoms with Crippen molar-refractivity contribution >= 4 is 17.8 Å². The molecule has 3 aliphatic heterocycles. The van der Waals surface area contributed by atoms with Gasteiger partial charge in [-0.2, -0.15) is 0 Å². The van der Waals surface area contributed by atoms with Crippen LogP contribution in [0.4, 0.5) is 0 Å². The van der Waals surface area contributed by atoms with Crippen molar-refractivity contribution in [1.29, 1.82) is 0 Å². The van der Waals surface area contributed by atoms with Gasteiger partial charge in [-0.3, -0.25) is 9.59 Å². The molecule has 0 aromatic heterocycles. The van der Waals surface area contributed by atoms with Crippen molar-refractivity contribution in [3.05, 3.63) is 36.5 Å². The number of carbonyl (C=O) groups excluding carboxylic acids is 2. The van der Waals surface area contributed by atoms with Crippen LogP contribution in [0.2, 0.25) is 0 Å². The van der Waals surface area contributed by atoms with Crippen LogP contribution in [0.3, 0.4) is 0 Å². The van der Waals surface area contributed by atoms with E-state index in [-0.39, 0.29) is 12.3 Å². The van der Waals surface area contributed by atoms with Crippen molar-refractivity contribution in [1.82, 2.24) is 10.6 Å². The predicted molar refractivity (Wildman–Crippen MR) is 384 cm³/mol. The zero-order valence-corrected chi connectivity index (χ0v) is 61.6. The number of rotatable bonds is 61. The summed E-state index contributed by atoms with van der Waals surface area (Å²) >= 11 is 0. The fraction of sp³-hybridized carbons (Fsp3) is 0.883. The number of amides is 2. The zero-order valence-electron chi connectivity index (χ0n) is 61.6. The lowest BCUT2D eigenvalue weighted by Gasteiger charge is -2.50. The van der Waals surface area contributed by atoms with Gasteiger partial charge in [0.15, 0.2) is 12.6 Å². The van der Waals surface area contributed by atoms with E-state index >= 15 is 0 Å². The Balaban J connectivity index is 1.39. The van der Waals surface area contributed by atoms with Gasteiger partial charge >= 0.3 is 5.97 Å². The molecule has 584 valence electrons. The molecule has 0 spiro atoms. The Bertz CT molecular complexity index is 2140. The molecule has 18 atom stereocenters. The van der Waals surface area contributed by atoms with Gasteiger partial charge in [-0.1, -0.05) is 262 Å². The first-order valence-corrected chi connectivity index (χ1v) is 39.4. The summed E-state index contributed by atoms with van der Waals surface area (Å²) in [4.78, 5) is 38.5. The monoisotopic (exact) mass is 1430 g/mol. The Morgan fingerprint density at radius 3 is 1.41 bits per heavy atom. The van der Waals surface area contributed by atoms with Gasteiger partial charge in [0.25, 0.3) is 5.79 Å². The number of ether oxygens (including phenoxy) is 6. The standard InChI is InChI=1S/C77H140N2O21/c1-4-6-8-10-12-14-15-16-17-18-19-20-21-22-23-24-25-26-27-28-29-30-31-32-33-34-35-36-37-38-39-40-41-43-45-47-49-51-64(87)79-58(59(84)50-48-46-44-42-13-11-9-7-5-2)56-95-74-69(91)68(90)71(63(55-82)97-74)98-75-70(92)73(67(89)62(54-81)96-75)100-77(76(93)94)52-60(85)65(78-57(3)83)72(99-77)66(88)61(86)53-80/h23-24,26-27,48,50,58-63,65-75,80-82,84-86,88-92H,4-22,25,28-47,49,51-56H2,1-3H3,(H,78,83)(H,79,87)(H,93,94)/b24-23-,27-26-,50-48+. The van der Waals surface area contributed by atoms with Gasteiger partial charge < -0.3 is 100 Å². The maximum Gasteiger partial charge on any atom is 0.364 e. The fourth-order valence-electron chi connectivity index (χ4n) is 13.6. The molecule has 0 bridgehead atoms. The molecule has 23 nitrogen and oxygen atoms in total. The molecular formula is C77H140N2O21. The molecule has 3 saturated heterocycles. The summed E-state index contributed by atoms with van der Waals surface area (Å²) in [5.74, 6) is -6.14. The first-order valence-electron chi connectivity index (χ1n) is 39.4. The van der Waals surface area contributed by atoms with Crippen LogP contribution in [0, 0.1) is 0 Å². The topological polar surface area (TPSA) is 373 Å². The molecular weight excluding hydrogens is 1290 g/mol. The van der Waals surface area contributed by atoms with Crippen LogP contribution in [0.1, 0.15) is 297 Å². The summed E-state index contributed by atoms with van der Waals surface area (Å²) in [6.07, 6.45) is 34.0. The first kappa shape index (κ1) is 91.2. The third-order valence-corrected chi connectivity index (χ3v) is 19.8. The number of unbranched alkanes of at least 4 members (excludes halogenated alkanes) is 37. The lowest BCUT2D eigenvalue weighted by molar-refractivity contribution is -0.386. The van der Waals surface area contributed by atoms with E-state index in [2.05, 4.69) is 48.8 Å². The second kappa shape index (κ2) is 56.3. The maximum atomic E-state index is 13.4. The summed E-state index contributed by atoms with van der Waals surface area (Å²) in [5.41, 5.74) is 0. The summed E-state index contributed by atoms with van der Waals surface area (Å²) in [7, 11) is 0. The van der Waals surface area contributed by atoms with Crippen molar-refractivity contribution in [2.45, 2.75) is 407 Å². The fourth-order valence-corrected chi connectivity index (χ4v) is 13.6. The molecule has 0 aliphatic carbocycles. The van der Waals surface area contributed by atoms with Crippen molar-refractivity contribution in [3.8, 4) is 0 Å². The molecule has 2 amide bonds. The maximum absolute atomic E-state index is 13.4. The summed E-state index contributed by atoms with van der Waals surface area (Å²) in [6, 6.07) is -2.62. The average Bonchev–Trinajstić information content (AvgIpc) is 0.759. The second-order valence-electron chi connectivity index (χ2n) is 28.6. The third-order valence-electron chi connectivity index (χ3n) is 19.8. The second-order valence-corrected chi connectivity index (χ2v) is 28.6. The van der Waals surface area contributed by atoms with Crippen LogP contribution < -0.4 is 10.6 Å². The SMILES string of the molecule is CCCCCCCCC/C=C/C(O)C(COC1OC(CO)C(OC2OC(CO)C(O)C(OC3(C(=O)O)CC(O)C(NC(C)=O)C(C(O)C(O)CO)O3)C2O)C(O)C1O)NC(=O)CCCCCCCCCCCCCCCCCCC/C=C\C/C=C\CCCCCCCCCCCCCCC. The van der Waals surface area contributed by atoms with E-state index in [1.54, 1.807) is 6.08 Å². The molecule has 3 fully saturated rings. The number of hydrogen-bond acceptors (Lipinski definition) is 20. The number of carboxylic acids is 1. The molecule has 0 radical (unpaired) electrons. The van der Waals surface area contributed by atoms with Crippen LogP contribution >= 0.6 is 0 Å². The van der Waals surface area contributed by atoms with Crippen molar-refractivity contribution in [2.75, 3.05) is 26.4 Å². The highest BCUT2D eigenvalue weighted by atomic mass is 16.8. The van der Waals surface area contributed by atoms with Crippen molar-refractivity contribution in [3.63, 3.8) is 0 Å². The Kier molecular flexibility index (Phi) is 51.3. The van der Waals surface area contributed by atoms with Gasteiger partial charge in [-0.05, 0) is 51.4 Å². The van der Waals surface area contributed by atoms with Crippen LogP contribution in [-0.2, 0) is 42.8 Å². The number of aliphatic hydroxyl groups excluding tert-OH is 11. The lowest BCUT2D eigenvalue weighted by atomic mass is 9.88. The highest BCUT2D eigenvalue weighted by Gasteiger charge is 2.60. The van der Waals surface area contributed by atoms with E-state index < -0.39 is 155 Å². The van der Waals surface area contributed by atoms with Crippen LogP contribution in [0.5, 0.6) is 0 Å². The first-order chi connectivity index (χ1) is 48.4. The molecule has 100 heavy (non-hydrogen) atoms. The highest BCUT2D eigenvalue weighted by molar-refractivity contribution is 5.77. The van der Waals surface area contributed by atoms with E-state index in [9.17, 15) is 75.7 Å². The highest BCUT2D eigenvalue weighted by Crippen LogP contribution is 2.39. The number of carboxylic acid groups (broad SMARTS) is 1. The van der Waals surface area contributed by atoms with Gasteiger partial charge in [0, 0.05) is 19.8 Å². The number of aliphatic carboxylic acids is 1. The Morgan fingerprint density at radius 1 is 0.530 bits per heavy atom. The van der Waals surface area contributed by atoms with Gasteiger partial charge in [0.2, 0.25) is 11.8 Å². The minimum atomic E-state index is -3.08. The Hall–Kier alpha value is -3.05. The quantitative estimate of drug-likeness (QED) is 0.0199. The summed E-state index contributed by atoms with van der Waals surface area (Å²) < 4.78 is 34.8. The zero-order chi connectivity index (χ0) is 73.2. The van der Waals surface area contributed by atoms with Gasteiger partial charge in [0.1, 0.15) is 67.1 Å². The number of nitrogens with one attached hydrogen (secondary N) is 2. The molecule has 14 N–H and O–H groups in total. The van der Waals surface area contributed by atoms with Gasteiger partial charge in [0.05, 0.1) is 50.7 Å². The molecule has 0 saturated carbocycles. The Labute approximate surface area is 599 Å². The molecule has 0 aromatic carbocycles. The average molecular weight is 1430 g/mol. The molecule has 3 aliphatic rings. The minimum Gasteiger partial charge on any atom is -0.477 e. The molecule has 0 aromatic rings. The van der Waals surface area contributed by atoms with E-state index in [1.165, 1.54) is 186 Å². The molecule has 23 heteroatoms. The number of allylic oxidation sites excluding steroid dienone is 5. The lowest BCUT2D eigenvalue weighted by Crippen LogP contribution is -2.70. The van der Waals surface area contributed by atoms with Crippen LogP contribution in [0.25, 0.3) is 0 Å². The van der Waals surface area contributed by atoms with Crippen LogP contribution in [-0.4, -0.2) is 215 Å². The third kappa shape index (κ3) is 36.8. The van der Waals surface area contributed by atoms with Gasteiger partial charge in [-0.15, -0.1) is 0 Å². The molecule has 3 rings (SSSR count). The number of hydrogen-bond donors (Lipinski definition) is 14. The molecule has 18 unspecified atom stereocenters. The van der Waals surface area contributed by atoms with E-state index in [0.717, 1.165) is 71.1 Å². The van der Waals surface area contributed by atoms with E-state index in [0.29, 0.717) is 12.8 Å². The minimum absolute atomic E-state index is 0.201. The summed E-state index contributed by atoms with van der Waals surface area (Å²) in [5, 5.41) is 136.